The molecule has 8 N–H and O–H groups in total. The van der Waals surface area contributed by atoms with Crippen LogP contribution in [-0.4, -0.2) is 62.0 Å². The van der Waals surface area contributed by atoms with Crippen molar-refractivity contribution in [1.82, 2.24) is 25.9 Å². The van der Waals surface area contributed by atoms with Crippen LogP contribution in [0.4, 0.5) is 11.5 Å². The van der Waals surface area contributed by atoms with Crippen molar-refractivity contribution >= 4 is 46.9 Å². The van der Waals surface area contributed by atoms with Crippen molar-refractivity contribution in [3.05, 3.63) is 53.0 Å². The molecular formula is C27H28N8O6. The molecule has 0 bridgehead atoms. The van der Waals surface area contributed by atoms with E-state index in [4.69, 9.17) is 17.3 Å². The molecule has 1 aliphatic carbocycles. The molecule has 0 unspecified atom stereocenters. The van der Waals surface area contributed by atoms with Crippen LogP contribution in [0, 0.1) is 12.3 Å². The highest BCUT2D eigenvalue weighted by atomic mass is 16.4. The van der Waals surface area contributed by atoms with Crippen LogP contribution in [0.5, 0.6) is 0 Å². The number of benzene rings is 1. The number of aliphatic imine (C=N–C) groups is 1. The molecule has 0 spiro atoms. The van der Waals surface area contributed by atoms with E-state index in [9.17, 15) is 24.3 Å². The topological polar surface area (TPSA) is 221 Å². The van der Waals surface area contributed by atoms with Gasteiger partial charge < -0.3 is 37.2 Å². The zero-order valence-corrected chi connectivity index (χ0v) is 21.8. The first kappa shape index (κ1) is 28.6. The Hall–Kier alpha value is -5.45. The number of amides is 2. The Bertz CT molecular complexity index is 1470. The predicted molar refractivity (Wildman–Crippen MR) is 148 cm³/mol. The molecule has 1 fully saturated rings. The number of hydrogen-bond acceptors (Lipinski definition) is 10. The molecule has 1 aromatic carbocycles. The SMILES string of the molecule is C#CC[C@H](NC(=O)CC[C@H](NC(=O)c1ccc(NCc2cnc3c(n2)C(=C2CC2)NC(N)=N3)cc1)C(=O)O)C(=O)O. The fourth-order valence-electron chi connectivity index (χ4n) is 3.94. The van der Waals surface area contributed by atoms with Crippen LogP contribution in [0.15, 0.2) is 41.0 Å². The van der Waals surface area contributed by atoms with Crippen molar-refractivity contribution < 1.29 is 29.4 Å². The van der Waals surface area contributed by atoms with Crippen LogP contribution in [-0.2, 0) is 20.9 Å². The average Bonchev–Trinajstić information content (AvgIpc) is 3.79. The molecule has 4 rings (SSSR count). The van der Waals surface area contributed by atoms with Gasteiger partial charge in [0.1, 0.15) is 17.8 Å². The Morgan fingerprint density at radius 2 is 1.78 bits per heavy atom. The highest BCUT2D eigenvalue weighted by molar-refractivity contribution is 5.97. The van der Waals surface area contributed by atoms with Gasteiger partial charge in [-0.05, 0) is 49.1 Å². The van der Waals surface area contributed by atoms with Gasteiger partial charge in [0, 0.05) is 24.1 Å². The number of aromatic nitrogens is 2. The second-order valence-corrected chi connectivity index (χ2v) is 9.33. The Morgan fingerprint density at radius 1 is 1.07 bits per heavy atom. The number of nitrogens with one attached hydrogen (secondary N) is 4. The Kier molecular flexibility index (Phi) is 8.78. The van der Waals surface area contributed by atoms with Gasteiger partial charge in [-0.1, -0.05) is 0 Å². The van der Waals surface area contributed by atoms with Gasteiger partial charge in [-0.3, -0.25) is 9.59 Å². The summed E-state index contributed by atoms with van der Waals surface area (Å²) in [5, 5.41) is 29.4. The van der Waals surface area contributed by atoms with Crippen LogP contribution in [0.25, 0.3) is 5.70 Å². The number of carbonyl (C=O) groups is 4. The minimum Gasteiger partial charge on any atom is -0.480 e. The molecule has 2 heterocycles. The normalized spacial score (nSPS) is 14.8. The van der Waals surface area contributed by atoms with E-state index < -0.39 is 35.8 Å². The molecule has 14 heteroatoms. The van der Waals surface area contributed by atoms with Crippen LogP contribution >= 0.6 is 0 Å². The van der Waals surface area contributed by atoms with Crippen molar-refractivity contribution in [2.24, 2.45) is 10.7 Å². The second-order valence-electron chi connectivity index (χ2n) is 9.33. The summed E-state index contributed by atoms with van der Waals surface area (Å²) in [7, 11) is 0. The maximum absolute atomic E-state index is 12.7. The molecule has 2 amide bonds. The number of aliphatic carboxylic acids is 2. The van der Waals surface area contributed by atoms with E-state index in [1.807, 2.05) is 0 Å². The molecule has 41 heavy (non-hydrogen) atoms. The first-order valence-electron chi connectivity index (χ1n) is 12.7. The third-order valence-corrected chi connectivity index (χ3v) is 6.21. The number of carboxylic acid groups (broad SMARTS) is 2. The lowest BCUT2D eigenvalue weighted by Gasteiger charge is -2.17. The number of hydrogen-bond donors (Lipinski definition) is 7. The molecule has 2 atom stereocenters. The minimum atomic E-state index is -1.37. The Balaban J connectivity index is 1.31. The summed E-state index contributed by atoms with van der Waals surface area (Å²) >= 11 is 0. The first-order chi connectivity index (χ1) is 19.6. The number of nitrogens with zero attached hydrogens (tertiary/aromatic N) is 3. The lowest BCUT2D eigenvalue weighted by Crippen LogP contribution is -2.43. The quantitative estimate of drug-likeness (QED) is 0.179. The number of rotatable bonds is 12. The number of anilines is 1. The van der Waals surface area contributed by atoms with Gasteiger partial charge in [-0.25, -0.2) is 19.6 Å². The molecule has 212 valence electrons. The van der Waals surface area contributed by atoms with Gasteiger partial charge in [-0.15, -0.1) is 12.3 Å². The van der Waals surface area contributed by atoms with Crippen molar-refractivity contribution in [3.8, 4) is 12.3 Å². The molecule has 0 radical (unpaired) electrons. The van der Waals surface area contributed by atoms with Gasteiger partial charge in [0.05, 0.1) is 24.1 Å². The van der Waals surface area contributed by atoms with E-state index in [1.165, 1.54) is 17.7 Å². The van der Waals surface area contributed by atoms with E-state index in [0.717, 1.165) is 18.5 Å². The molecule has 2 aromatic rings. The lowest BCUT2D eigenvalue weighted by atomic mass is 10.1. The Labute approximate surface area is 234 Å². The number of terminal acetylenes is 1. The summed E-state index contributed by atoms with van der Waals surface area (Å²) in [5.41, 5.74) is 10.1. The zero-order valence-electron chi connectivity index (χ0n) is 21.8. The number of guanidine groups is 1. The predicted octanol–water partition coefficient (Wildman–Crippen LogP) is 0.699. The van der Waals surface area contributed by atoms with Crippen LogP contribution < -0.4 is 27.0 Å². The highest BCUT2D eigenvalue weighted by Crippen LogP contribution is 2.38. The smallest absolute Gasteiger partial charge is 0.327 e. The van der Waals surface area contributed by atoms with E-state index in [-0.39, 0.29) is 30.8 Å². The molecule has 14 nitrogen and oxygen atoms in total. The van der Waals surface area contributed by atoms with Crippen LogP contribution in [0.2, 0.25) is 0 Å². The van der Waals surface area contributed by atoms with Crippen molar-refractivity contribution in [3.63, 3.8) is 0 Å². The van der Waals surface area contributed by atoms with Gasteiger partial charge in [0.2, 0.25) is 5.91 Å². The van der Waals surface area contributed by atoms with Crippen molar-refractivity contribution in [2.75, 3.05) is 5.32 Å². The third kappa shape index (κ3) is 7.57. The molecule has 1 aliphatic heterocycles. The monoisotopic (exact) mass is 560 g/mol. The minimum absolute atomic E-state index is 0.210. The van der Waals surface area contributed by atoms with E-state index in [2.05, 4.69) is 42.1 Å². The Morgan fingerprint density at radius 3 is 2.41 bits per heavy atom. The summed E-state index contributed by atoms with van der Waals surface area (Å²) in [6, 6.07) is 3.72. The molecule has 1 aromatic heterocycles. The lowest BCUT2D eigenvalue weighted by molar-refractivity contribution is -0.142. The summed E-state index contributed by atoms with van der Waals surface area (Å²) in [4.78, 5) is 60.7. The average molecular weight is 561 g/mol. The number of carbonyl (C=O) groups excluding carboxylic acids is 2. The summed E-state index contributed by atoms with van der Waals surface area (Å²) in [5.74, 6) is -1.08. The summed E-state index contributed by atoms with van der Waals surface area (Å²) in [6.45, 7) is 0.348. The molecule has 0 saturated heterocycles. The maximum atomic E-state index is 12.7. The maximum Gasteiger partial charge on any atom is 0.327 e. The summed E-state index contributed by atoms with van der Waals surface area (Å²) < 4.78 is 0. The largest absolute Gasteiger partial charge is 0.480 e. The fraction of sp³-hybridized carbons (Fsp3) is 0.296. The van der Waals surface area contributed by atoms with E-state index in [0.29, 0.717) is 29.4 Å². The standard InChI is InChI=1S/C27H28N8O6/c1-2-3-18(25(38)39)32-20(36)11-10-19(26(40)41)33-24(37)15-6-8-16(9-7-15)29-12-17-13-30-23-22(31-17)21(14-4-5-14)34-27(28)35-23/h1,6-9,13,18-19,29H,3-5,10-12H2,(H,32,36)(H,33,37)(H,38,39)(H,40,41)(H3,28,30,34,35)/t18-,19-/m0/s1. The zero-order chi connectivity index (χ0) is 29.5. The van der Waals surface area contributed by atoms with Gasteiger partial charge in [0.25, 0.3) is 5.91 Å². The number of carboxylic acids is 2. The van der Waals surface area contributed by atoms with Crippen LogP contribution in [0.1, 0.15) is 53.8 Å². The number of allylic oxidation sites excluding steroid dienone is 1. The number of fused-ring (bicyclic) bond motifs is 1. The second kappa shape index (κ2) is 12.6. The molecule has 1 saturated carbocycles. The summed E-state index contributed by atoms with van der Waals surface area (Å²) in [6.07, 6.45) is 7.87. The highest BCUT2D eigenvalue weighted by Gasteiger charge is 2.27. The number of nitrogens with two attached hydrogens (primary N) is 1. The van der Waals surface area contributed by atoms with E-state index in [1.54, 1.807) is 18.3 Å². The van der Waals surface area contributed by atoms with Crippen molar-refractivity contribution in [1.29, 1.82) is 0 Å². The molecule has 2 aliphatic rings. The van der Waals surface area contributed by atoms with Crippen LogP contribution in [0.3, 0.4) is 0 Å². The first-order valence-corrected chi connectivity index (χ1v) is 12.7. The van der Waals surface area contributed by atoms with E-state index >= 15 is 0 Å². The van der Waals surface area contributed by atoms with Gasteiger partial charge in [0.15, 0.2) is 11.8 Å². The van der Waals surface area contributed by atoms with Gasteiger partial charge >= 0.3 is 11.9 Å². The molecular weight excluding hydrogens is 532 g/mol. The fourth-order valence-corrected chi connectivity index (χ4v) is 3.94. The van der Waals surface area contributed by atoms with Gasteiger partial charge in [-0.2, -0.15) is 4.99 Å². The third-order valence-electron chi connectivity index (χ3n) is 6.21. The van der Waals surface area contributed by atoms with Crippen molar-refractivity contribution in [2.45, 2.75) is 50.7 Å².